The summed E-state index contributed by atoms with van der Waals surface area (Å²) in [5.41, 5.74) is 0.850. The number of rotatable bonds is 1. The maximum Gasteiger partial charge on any atom is 0.416 e. The van der Waals surface area contributed by atoms with Crippen molar-refractivity contribution in [2.24, 2.45) is 5.41 Å². The third-order valence-corrected chi connectivity index (χ3v) is 6.44. The van der Waals surface area contributed by atoms with Crippen molar-refractivity contribution < 1.29 is 21.6 Å². The van der Waals surface area contributed by atoms with Gasteiger partial charge in [-0.15, -0.1) is 0 Å². The molecule has 0 bridgehead atoms. The number of hydrogen-bond donors (Lipinski definition) is 1. The van der Waals surface area contributed by atoms with Gasteiger partial charge in [-0.1, -0.05) is 0 Å². The summed E-state index contributed by atoms with van der Waals surface area (Å²) in [6.07, 6.45) is -2.25. The van der Waals surface area contributed by atoms with E-state index in [4.69, 9.17) is 0 Å². The first kappa shape index (κ1) is 17.3. The Morgan fingerprint density at radius 2 is 1.88 bits per heavy atom. The molecule has 1 atom stereocenters. The summed E-state index contributed by atoms with van der Waals surface area (Å²) in [7, 11) is -3.34. The van der Waals surface area contributed by atoms with Gasteiger partial charge in [0.1, 0.15) is 0 Å². The lowest BCUT2D eigenvalue weighted by atomic mass is 9.81. The number of aromatic nitrogens is 1. The second kappa shape index (κ2) is 5.68. The molecule has 1 N–H and O–H groups in total. The van der Waals surface area contributed by atoms with E-state index in [0.29, 0.717) is 25.2 Å². The van der Waals surface area contributed by atoms with E-state index in [-0.39, 0.29) is 5.75 Å². The van der Waals surface area contributed by atoms with Gasteiger partial charge in [-0.05, 0) is 36.4 Å². The molecule has 0 saturated carbocycles. The van der Waals surface area contributed by atoms with Crippen LogP contribution < -0.4 is 9.62 Å². The first-order chi connectivity index (χ1) is 12.2. The van der Waals surface area contributed by atoms with Gasteiger partial charge in [-0.25, -0.2) is 13.1 Å². The fourth-order valence-electron chi connectivity index (χ4n) is 3.69. The van der Waals surface area contributed by atoms with E-state index in [9.17, 15) is 21.6 Å². The Hall–Kier alpha value is -2.13. The Bertz CT molecular complexity index is 944. The van der Waals surface area contributed by atoms with Crippen molar-refractivity contribution in [2.45, 2.75) is 12.6 Å². The lowest BCUT2D eigenvalue weighted by Crippen LogP contribution is -2.45. The number of benzene rings is 1. The van der Waals surface area contributed by atoms with Crippen LogP contribution >= 0.6 is 0 Å². The van der Waals surface area contributed by atoms with Crippen LogP contribution in [-0.4, -0.2) is 32.2 Å². The van der Waals surface area contributed by atoms with Gasteiger partial charge in [0.05, 0.1) is 22.7 Å². The molecule has 1 fully saturated rings. The maximum absolute atomic E-state index is 12.8. The zero-order valence-electron chi connectivity index (χ0n) is 13.6. The van der Waals surface area contributed by atoms with Gasteiger partial charge in [0.15, 0.2) is 0 Å². The number of anilines is 2. The molecule has 26 heavy (non-hydrogen) atoms. The topological polar surface area (TPSA) is 62.3 Å². The molecule has 2 aliphatic rings. The molecule has 1 spiro atoms. The monoisotopic (exact) mass is 383 g/mol. The number of fused-ring (bicyclic) bond motifs is 1. The van der Waals surface area contributed by atoms with Gasteiger partial charge < -0.3 is 4.90 Å². The number of halogens is 3. The summed E-state index contributed by atoms with van der Waals surface area (Å²) >= 11 is 0. The van der Waals surface area contributed by atoms with E-state index in [1.54, 1.807) is 12.3 Å². The van der Waals surface area contributed by atoms with Crippen LogP contribution in [0.25, 0.3) is 0 Å². The lowest BCUT2D eigenvalue weighted by Gasteiger charge is -2.41. The Kier molecular flexibility index (Phi) is 3.78. The SMILES string of the molecule is O=S1(=O)CC2(CN1)Cc1ncccc1N(c1ccc(C(F)(F)F)cc1)C2. The summed E-state index contributed by atoms with van der Waals surface area (Å²) in [6.45, 7) is 0.686. The van der Waals surface area contributed by atoms with Crippen molar-refractivity contribution in [2.75, 3.05) is 23.7 Å². The predicted octanol–water partition coefficient (Wildman–Crippen LogP) is 2.71. The number of hydrogen-bond acceptors (Lipinski definition) is 4. The molecule has 138 valence electrons. The quantitative estimate of drug-likeness (QED) is 0.823. The average molecular weight is 383 g/mol. The van der Waals surface area contributed by atoms with Crippen molar-refractivity contribution in [1.29, 1.82) is 0 Å². The number of pyridine rings is 1. The van der Waals surface area contributed by atoms with Crippen LogP contribution in [0, 0.1) is 5.41 Å². The highest BCUT2D eigenvalue weighted by molar-refractivity contribution is 7.89. The highest BCUT2D eigenvalue weighted by atomic mass is 32.2. The minimum absolute atomic E-state index is 0.0207. The van der Waals surface area contributed by atoms with Gasteiger partial charge in [0.2, 0.25) is 10.0 Å². The van der Waals surface area contributed by atoms with E-state index >= 15 is 0 Å². The van der Waals surface area contributed by atoms with Gasteiger partial charge in [0, 0.05) is 36.8 Å². The van der Waals surface area contributed by atoms with E-state index < -0.39 is 27.2 Å². The molecule has 9 heteroatoms. The molecule has 0 radical (unpaired) electrons. The first-order valence-electron chi connectivity index (χ1n) is 8.04. The molecular weight excluding hydrogens is 367 g/mol. The molecule has 2 aliphatic heterocycles. The molecule has 4 rings (SSSR count). The second-order valence-electron chi connectivity index (χ2n) is 6.86. The third-order valence-electron chi connectivity index (χ3n) is 4.86. The summed E-state index contributed by atoms with van der Waals surface area (Å²) in [4.78, 5) is 6.23. The fraction of sp³-hybridized carbons (Fsp3) is 0.353. The van der Waals surface area contributed by atoms with Gasteiger partial charge in [-0.2, -0.15) is 13.2 Å². The molecule has 0 amide bonds. The average Bonchev–Trinajstić information content (AvgIpc) is 2.87. The van der Waals surface area contributed by atoms with Gasteiger partial charge in [-0.3, -0.25) is 4.98 Å². The maximum atomic E-state index is 12.8. The third kappa shape index (κ3) is 3.05. The Morgan fingerprint density at radius 3 is 2.50 bits per heavy atom. The van der Waals surface area contributed by atoms with E-state index in [0.717, 1.165) is 23.5 Å². The van der Waals surface area contributed by atoms with Crippen molar-refractivity contribution >= 4 is 21.4 Å². The zero-order chi connectivity index (χ0) is 18.6. The van der Waals surface area contributed by atoms with Crippen LogP contribution in [0.15, 0.2) is 42.6 Å². The Morgan fingerprint density at radius 1 is 1.15 bits per heavy atom. The van der Waals surface area contributed by atoms with Crippen LogP contribution in [0.2, 0.25) is 0 Å². The molecule has 1 aromatic carbocycles. The number of nitrogens with zero attached hydrogens (tertiary/aromatic N) is 2. The molecule has 1 saturated heterocycles. The molecule has 3 heterocycles. The van der Waals surface area contributed by atoms with Gasteiger partial charge >= 0.3 is 6.18 Å². The molecule has 1 unspecified atom stereocenters. The summed E-state index contributed by atoms with van der Waals surface area (Å²) < 4.78 is 64.9. The largest absolute Gasteiger partial charge is 0.416 e. The van der Waals surface area contributed by atoms with Crippen LogP contribution in [0.4, 0.5) is 24.5 Å². The summed E-state index contributed by atoms with van der Waals surface area (Å²) in [5.74, 6) is -0.0207. The smallest absolute Gasteiger partial charge is 0.339 e. The van der Waals surface area contributed by atoms with E-state index in [2.05, 4.69) is 9.71 Å². The van der Waals surface area contributed by atoms with Crippen LogP contribution in [0.1, 0.15) is 11.3 Å². The zero-order valence-corrected chi connectivity index (χ0v) is 14.4. The van der Waals surface area contributed by atoms with Crippen LogP contribution in [0.5, 0.6) is 0 Å². The fourth-order valence-corrected chi connectivity index (χ4v) is 5.42. The van der Waals surface area contributed by atoms with E-state index in [1.807, 2.05) is 11.0 Å². The molecule has 1 aromatic heterocycles. The van der Waals surface area contributed by atoms with Gasteiger partial charge in [0.25, 0.3) is 0 Å². The second-order valence-corrected chi connectivity index (χ2v) is 8.66. The molecule has 0 aliphatic carbocycles. The number of nitrogens with one attached hydrogen (secondary N) is 1. The Balaban J connectivity index is 1.75. The molecule has 5 nitrogen and oxygen atoms in total. The predicted molar refractivity (Wildman–Crippen MR) is 90.6 cm³/mol. The standard InChI is InChI=1S/C17H16F3N3O2S/c18-17(19,20)12-3-5-13(6-4-12)23-10-16(9-22-26(24,25)11-16)8-14-15(23)2-1-7-21-14/h1-7,22H,8-11H2. The highest BCUT2D eigenvalue weighted by Gasteiger charge is 2.47. The molecule has 2 aromatic rings. The normalized spacial score (nSPS) is 24.7. The minimum atomic E-state index is -4.40. The van der Waals surface area contributed by atoms with Crippen molar-refractivity contribution in [3.63, 3.8) is 0 Å². The minimum Gasteiger partial charge on any atom is -0.339 e. The van der Waals surface area contributed by atoms with Crippen molar-refractivity contribution in [3.05, 3.63) is 53.9 Å². The molecular formula is C17H16F3N3O2S. The van der Waals surface area contributed by atoms with E-state index in [1.165, 1.54) is 12.1 Å². The van der Waals surface area contributed by atoms with Crippen molar-refractivity contribution in [3.8, 4) is 0 Å². The van der Waals surface area contributed by atoms with Crippen molar-refractivity contribution in [1.82, 2.24) is 9.71 Å². The van der Waals surface area contributed by atoms with Crippen LogP contribution in [-0.2, 0) is 22.6 Å². The number of sulfonamides is 1. The Labute approximate surface area is 148 Å². The summed E-state index contributed by atoms with van der Waals surface area (Å²) in [6, 6.07) is 8.51. The first-order valence-corrected chi connectivity index (χ1v) is 9.69. The highest BCUT2D eigenvalue weighted by Crippen LogP contribution is 2.42. The number of alkyl halides is 3. The summed E-state index contributed by atoms with van der Waals surface area (Å²) in [5, 5.41) is 0. The lowest BCUT2D eigenvalue weighted by molar-refractivity contribution is -0.137. The van der Waals surface area contributed by atoms with Crippen LogP contribution in [0.3, 0.4) is 0 Å².